The maximum absolute atomic E-state index is 12.7. The molecule has 0 saturated heterocycles. The van der Waals surface area contributed by atoms with E-state index in [-0.39, 0.29) is 12.5 Å². The van der Waals surface area contributed by atoms with Crippen LogP contribution in [0.15, 0.2) is 42.5 Å². The molecule has 0 aliphatic rings. The predicted molar refractivity (Wildman–Crippen MR) is 91.7 cm³/mol. The van der Waals surface area contributed by atoms with Gasteiger partial charge in [0.05, 0.1) is 30.8 Å². The Kier molecular flexibility index (Phi) is 5.22. The van der Waals surface area contributed by atoms with Crippen molar-refractivity contribution in [2.24, 2.45) is 0 Å². The van der Waals surface area contributed by atoms with Crippen LogP contribution in [0.5, 0.6) is 5.75 Å². The lowest BCUT2D eigenvalue weighted by Crippen LogP contribution is -2.34. The number of nitriles is 1. The van der Waals surface area contributed by atoms with Gasteiger partial charge < -0.3 is 15.2 Å². The summed E-state index contributed by atoms with van der Waals surface area (Å²) in [7, 11) is 1.53. The Balaban J connectivity index is 2.26. The van der Waals surface area contributed by atoms with Gasteiger partial charge in [-0.2, -0.15) is 5.26 Å². The van der Waals surface area contributed by atoms with E-state index in [1.165, 1.54) is 7.11 Å². The molecule has 2 aromatic rings. The van der Waals surface area contributed by atoms with Crippen molar-refractivity contribution in [3.8, 4) is 11.8 Å². The maximum Gasteiger partial charge on any atom is 0.234 e. The molecule has 0 fully saturated rings. The van der Waals surface area contributed by atoms with E-state index >= 15 is 0 Å². The van der Waals surface area contributed by atoms with E-state index in [1.54, 1.807) is 50.2 Å². The van der Waals surface area contributed by atoms with Gasteiger partial charge in [0, 0.05) is 11.3 Å². The minimum atomic E-state index is -0.813. The molecule has 0 heterocycles. The first-order valence-electron chi connectivity index (χ1n) is 7.52. The van der Waals surface area contributed by atoms with Crippen LogP contribution in [0.4, 0.5) is 5.69 Å². The minimum Gasteiger partial charge on any atom is -0.496 e. The van der Waals surface area contributed by atoms with Crippen molar-refractivity contribution in [3.05, 3.63) is 59.2 Å². The summed E-state index contributed by atoms with van der Waals surface area (Å²) >= 11 is 0. The van der Waals surface area contributed by atoms with Crippen molar-refractivity contribution in [2.75, 3.05) is 12.4 Å². The number of anilines is 1. The average Bonchev–Trinajstić information content (AvgIpc) is 2.61. The number of rotatable bonds is 5. The van der Waals surface area contributed by atoms with Crippen molar-refractivity contribution in [1.82, 2.24) is 0 Å². The maximum atomic E-state index is 12.7. The summed E-state index contributed by atoms with van der Waals surface area (Å²) in [5.41, 5.74) is 1.64. The van der Waals surface area contributed by atoms with Gasteiger partial charge in [0.1, 0.15) is 5.75 Å². The first-order chi connectivity index (χ1) is 11.4. The molecule has 2 aromatic carbocycles. The van der Waals surface area contributed by atoms with Crippen molar-refractivity contribution in [3.63, 3.8) is 0 Å². The second kappa shape index (κ2) is 7.16. The quantitative estimate of drug-likeness (QED) is 0.886. The van der Waals surface area contributed by atoms with Gasteiger partial charge in [-0.1, -0.05) is 12.1 Å². The topological polar surface area (TPSA) is 82.3 Å². The van der Waals surface area contributed by atoms with Crippen LogP contribution in [-0.4, -0.2) is 18.1 Å². The van der Waals surface area contributed by atoms with Crippen molar-refractivity contribution < 1.29 is 14.6 Å². The van der Waals surface area contributed by atoms with Crippen LogP contribution in [0.25, 0.3) is 0 Å². The van der Waals surface area contributed by atoms with E-state index in [1.807, 2.05) is 6.07 Å². The number of aliphatic hydroxyl groups is 1. The summed E-state index contributed by atoms with van der Waals surface area (Å²) < 4.78 is 5.15. The molecule has 2 rings (SSSR count). The molecule has 124 valence electrons. The fourth-order valence-electron chi connectivity index (χ4n) is 2.38. The Labute approximate surface area is 141 Å². The number of hydrogen-bond acceptors (Lipinski definition) is 4. The normalized spacial score (nSPS) is 10.8. The van der Waals surface area contributed by atoms with Crippen LogP contribution in [0, 0.1) is 11.3 Å². The van der Waals surface area contributed by atoms with Gasteiger partial charge >= 0.3 is 0 Å². The third-order valence-electron chi connectivity index (χ3n) is 3.99. The highest BCUT2D eigenvalue weighted by atomic mass is 16.5. The molecule has 0 radical (unpaired) electrons. The zero-order valence-corrected chi connectivity index (χ0v) is 14.0. The molecule has 0 spiro atoms. The Morgan fingerprint density at radius 1 is 1.29 bits per heavy atom. The first kappa shape index (κ1) is 17.5. The standard InChI is InChI=1S/C19H20N2O3/c1-19(2,15-6-4-5-13(9-15)11-20)18(23)21-16-7-8-17(24-3)14(10-16)12-22/h4-10,22H,12H2,1-3H3,(H,21,23). The smallest absolute Gasteiger partial charge is 0.234 e. The third-order valence-corrected chi connectivity index (χ3v) is 3.99. The van der Waals surface area contributed by atoms with Gasteiger partial charge in [0.25, 0.3) is 0 Å². The molecule has 0 atom stereocenters. The zero-order valence-electron chi connectivity index (χ0n) is 14.0. The van der Waals surface area contributed by atoms with Gasteiger partial charge in [-0.15, -0.1) is 0 Å². The fourth-order valence-corrected chi connectivity index (χ4v) is 2.38. The Morgan fingerprint density at radius 3 is 2.67 bits per heavy atom. The van der Waals surface area contributed by atoms with Crippen LogP contribution in [0.2, 0.25) is 0 Å². The monoisotopic (exact) mass is 324 g/mol. The van der Waals surface area contributed by atoms with Crippen LogP contribution in [0.3, 0.4) is 0 Å². The van der Waals surface area contributed by atoms with E-state index in [0.29, 0.717) is 22.6 Å². The molecule has 0 bridgehead atoms. The molecule has 2 N–H and O–H groups in total. The number of amides is 1. The number of aliphatic hydroxyl groups excluding tert-OH is 1. The fraction of sp³-hybridized carbons (Fsp3) is 0.263. The van der Waals surface area contributed by atoms with Gasteiger partial charge in [0.2, 0.25) is 5.91 Å². The van der Waals surface area contributed by atoms with Crippen molar-refractivity contribution in [1.29, 1.82) is 5.26 Å². The van der Waals surface area contributed by atoms with E-state index < -0.39 is 5.41 Å². The number of benzene rings is 2. The van der Waals surface area contributed by atoms with E-state index in [2.05, 4.69) is 11.4 Å². The summed E-state index contributed by atoms with van der Waals surface area (Å²) in [4.78, 5) is 12.7. The number of carbonyl (C=O) groups excluding carboxylic acids is 1. The summed E-state index contributed by atoms with van der Waals surface area (Å²) in [6.45, 7) is 3.42. The average molecular weight is 324 g/mol. The number of hydrogen-bond donors (Lipinski definition) is 2. The van der Waals surface area contributed by atoms with E-state index in [0.717, 1.165) is 5.56 Å². The number of carbonyl (C=O) groups is 1. The summed E-state index contributed by atoms with van der Waals surface area (Å²) in [6.07, 6.45) is 0. The Morgan fingerprint density at radius 2 is 2.04 bits per heavy atom. The van der Waals surface area contributed by atoms with Gasteiger partial charge in [0.15, 0.2) is 0 Å². The van der Waals surface area contributed by atoms with Crippen molar-refractivity contribution >= 4 is 11.6 Å². The van der Waals surface area contributed by atoms with Crippen LogP contribution >= 0.6 is 0 Å². The summed E-state index contributed by atoms with van der Waals surface area (Å²) in [6, 6.07) is 14.2. The lowest BCUT2D eigenvalue weighted by Gasteiger charge is -2.24. The summed E-state index contributed by atoms with van der Waals surface area (Å²) in [5, 5.41) is 21.3. The highest BCUT2D eigenvalue weighted by molar-refractivity contribution is 5.98. The molecule has 24 heavy (non-hydrogen) atoms. The Hall–Kier alpha value is -2.84. The molecule has 0 saturated carbocycles. The molecule has 0 unspecified atom stereocenters. The van der Waals surface area contributed by atoms with Gasteiger partial charge in [-0.05, 0) is 49.7 Å². The largest absolute Gasteiger partial charge is 0.496 e. The lowest BCUT2D eigenvalue weighted by molar-refractivity contribution is -0.120. The second-order valence-electron chi connectivity index (χ2n) is 5.96. The molecular formula is C19H20N2O3. The molecule has 5 heteroatoms. The van der Waals surface area contributed by atoms with Crippen LogP contribution in [0.1, 0.15) is 30.5 Å². The first-order valence-corrected chi connectivity index (χ1v) is 7.52. The second-order valence-corrected chi connectivity index (χ2v) is 5.96. The molecule has 1 amide bonds. The zero-order chi connectivity index (χ0) is 17.7. The summed E-state index contributed by atoms with van der Waals surface area (Å²) in [5.74, 6) is 0.364. The van der Waals surface area contributed by atoms with Crippen LogP contribution < -0.4 is 10.1 Å². The highest BCUT2D eigenvalue weighted by Crippen LogP contribution is 2.28. The van der Waals surface area contributed by atoms with Gasteiger partial charge in [-0.25, -0.2) is 0 Å². The van der Waals surface area contributed by atoms with E-state index in [9.17, 15) is 9.90 Å². The number of nitrogens with zero attached hydrogens (tertiary/aromatic N) is 1. The molecular weight excluding hydrogens is 304 g/mol. The predicted octanol–water partition coefficient (Wildman–Crippen LogP) is 2.98. The minimum absolute atomic E-state index is 0.180. The molecule has 5 nitrogen and oxygen atoms in total. The van der Waals surface area contributed by atoms with Gasteiger partial charge in [-0.3, -0.25) is 4.79 Å². The molecule has 0 aliphatic carbocycles. The molecule has 0 aromatic heterocycles. The SMILES string of the molecule is COc1ccc(NC(=O)C(C)(C)c2cccc(C#N)c2)cc1CO. The number of methoxy groups -OCH3 is 1. The van der Waals surface area contributed by atoms with Crippen LogP contribution in [-0.2, 0) is 16.8 Å². The number of ether oxygens (including phenoxy) is 1. The molecule has 0 aliphatic heterocycles. The number of nitrogens with one attached hydrogen (secondary N) is 1. The van der Waals surface area contributed by atoms with Crippen molar-refractivity contribution in [2.45, 2.75) is 25.9 Å². The third kappa shape index (κ3) is 3.55. The Bertz CT molecular complexity index is 791. The lowest BCUT2D eigenvalue weighted by atomic mass is 9.83. The highest BCUT2D eigenvalue weighted by Gasteiger charge is 2.30. The van der Waals surface area contributed by atoms with E-state index in [4.69, 9.17) is 10.00 Å².